The Hall–Kier alpha value is -1.36. The summed E-state index contributed by atoms with van der Waals surface area (Å²) in [5, 5.41) is 10.2. The Morgan fingerprint density at radius 1 is 1.58 bits per heavy atom. The predicted molar refractivity (Wildman–Crippen MR) is 75.8 cm³/mol. The summed E-state index contributed by atoms with van der Waals surface area (Å²) in [5.41, 5.74) is 1.28. The second-order valence-corrected chi connectivity index (χ2v) is 6.18. The van der Waals surface area contributed by atoms with E-state index in [-0.39, 0.29) is 5.92 Å². The van der Waals surface area contributed by atoms with Gasteiger partial charge < -0.3 is 5.11 Å². The summed E-state index contributed by atoms with van der Waals surface area (Å²) in [6, 6.07) is 1.21. The molecule has 1 amide bonds. The summed E-state index contributed by atoms with van der Waals surface area (Å²) in [5.74, 6) is -1.00. The van der Waals surface area contributed by atoms with E-state index in [4.69, 9.17) is 0 Å². The van der Waals surface area contributed by atoms with Crippen LogP contribution < -0.4 is 4.90 Å². The standard InChI is InChI=1S/C14H19NO3S/c1-3-9(2)13(14(17)18)15(8-16)12-7-10-5-4-6-11(10)19-12/h7-9,13H,3-6H2,1-2H3,(H,17,18). The maximum Gasteiger partial charge on any atom is 0.327 e. The monoisotopic (exact) mass is 281 g/mol. The van der Waals surface area contributed by atoms with E-state index in [1.165, 1.54) is 15.3 Å². The number of thiophene rings is 1. The van der Waals surface area contributed by atoms with Crippen molar-refractivity contribution in [2.75, 3.05) is 4.90 Å². The molecule has 0 spiro atoms. The summed E-state index contributed by atoms with van der Waals surface area (Å²) in [6.45, 7) is 3.81. The van der Waals surface area contributed by atoms with Gasteiger partial charge in [0.1, 0.15) is 6.04 Å². The Bertz CT molecular complexity index is 462. The fourth-order valence-electron chi connectivity index (χ4n) is 2.55. The first-order valence-electron chi connectivity index (χ1n) is 6.66. The Morgan fingerprint density at radius 3 is 2.84 bits per heavy atom. The van der Waals surface area contributed by atoms with Crippen LogP contribution in [0.4, 0.5) is 5.00 Å². The number of amides is 1. The first kappa shape index (κ1) is 14.1. The average molecular weight is 281 g/mol. The predicted octanol–water partition coefficient (Wildman–Crippen LogP) is 2.70. The summed E-state index contributed by atoms with van der Waals surface area (Å²) in [7, 11) is 0. The third-order valence-electron chi connectivity index (χ3n) is 3.84. The molecule has 104 valence electrons. The van der Waals surface area contributed by atoms with Crippen LogP contribution in [0.3, 0.4) is 0 Å². The van der Waals surface area contributed by atoms with Gasteiger partial charge in [0.05, 0.1) is 5.00 Å². The first-order valence-corrected chi connectivity index (χ1v) is 7.48. The van der Waals surface area contributed by atoms with Gasteiger partial charge >= 0.3 is 5.97 Å². The zero-order valence-electron chi connectivity index (χ0n) is 11.3. The van der Waals surface area contributed by atoms with Crippen molar-refractivity contribution in [2.45, 2.75) is 45.6 Å². The van der Waals surface area contributed by atoms with E-state index in [2.05, 4.69) is 0 Å². The molecule has 0 radical (unpaired) electrons. The third kappa shape index (κ3) is 2.66. The number of aliphatic carboxylic acids is 1. The number of carboxylic acids is 1. The lowest BCUT2D eigenvalue weighted by Crippen LogP contribution is -2.44. The molecule has 4 nitrogen and oxygen atoms in total. The lowest BCUT2D eigenvalue weighted by atomic mass is 9.98. The van der Waals surface area contributed by atoms with Crippen LogP contribution >= 0.6 is 11.3 Å². The fraction of sp³-hybridized carbons (Fsp3) is 0.571. The number of carbonyl (C=O) groups is 2. The van der Waals surface area contributed by atoms with Gasteiger partial charge in [-0.25, -0.2) is 4.79 Å². The van der Waals surface area contributed by atoms with Crippen molar-refractivity contribution in [2.24, 2.45) is 5.92 Å². The van der Waals surface area contributed by atoms with Crippen LogP contribution in [0.5, 0.6) is 0 Å². The molecular formula is C14H19NO3S. The molecule has 19 heavy (non-hydrogen) atoms. The number of hydrogen-bond donors (Lipinski definition) is 1. The molecule has 1 heterocycles. The second-order valence-electron chi connectivity index (χ2n) is 5.07. The van der Waals surface area contributed by atoms with Gasteiger partial charge in [-0.2, -0.15) is 0 Å². The molecule has 2 atom stereocenters. The minimum atomic E-state index is -0.935. The molecule has 0 aromatic carbocycles. The molecule has 0 saturated heterocycles. The minimum absolute atomic E-state index is 0.0698. The van der Waals surface area contributed by atoms with Crippen molar-refractivity contribution in [1.29, 1.82) is 0 Å². The van der Waals surface area contributed by atoms with Crippen LogP contribution in [-0.2, 0) is 22.4 Å². The SMILES string of the molecule is CCC(C)C(C(=O)O)N(C=O)c1cc2c(s1)CCC2. The van der Waals surface area contributed by atoms with E-state index >= 15 is 0 Å². The Morgan fingerprint density at radius 2 is 2.32 bits per heavy atom. The van der Waals surface area contributed by atoms with Crippen molar-refractivity contribution >= 4 is 28.7 Å². The van der Waals surface area contributed by atoms with Crippen LogP contribution in [0.25, 0.3) is 0 Å². The number of fused-ring (bicyclic) bond motifs is 1. The first-order chi connectivity index (χ1) is 9.08. The van der Waals surface area contributed by atoms with E-state index in [0.29, 0.717) is 6.41 Å². The molecule has 1 aromatic heterocycles. The molecule has 1 aliphatic carbocycles. The largest absolute Gasteiger partial charge is 0.480 e. The fourth-order valence-corrected chi connectivity index (χ4v) is 3.81. The molecule has 2 rings (SSSR count). The molecule has 0 fully saturated rings. The van der Waals surface area contributed by atoms with Gasteiger partial charge in [0.15, 0.2) is 0 Å². The highest BCUT2D eigenvalue weighted by atomic mass is 32.1. The number of anilines is 1. The normalized spacial score (nSPS) is 16.7. The summed E-state index contributed by atoms with van der Waals surface area (Å²) in [6.07, 6.45) is 4.64. The number of carboxylic acid groups (broad SMARTS) is 1. The Balaban J connectivity index is 2.31. The van der Waals surface area contributed by atoms with Gasteiger partial charge in [0.2, 0.25) is 6.41 Å². The lowest BCUT2D eigenvalue weighted by molar-refractivity contribution is -0.140. The Labute approximate surface area is 117 Å². The van der Waals surface area contributed by atoms with Crippen molar-refractivity contribution in [3.8, 4) is 0 Å². The van der Waals surface area contributed by atoms with Gasteiger partial charge in [-0.1, -0.05) is 20.3 Å². The van der Waals surface area contributed by atoms with Gasteiger partial charge in [-0.15, -0.1) is 11.3 Å². The molecule has 0 saturated carbocycles. The molecule has 1 aromatic rings. The highest BCUT2D eigenvalue weighted by Gasteiger charge is 2.32. The molecule has 2 unspecified atom stereocenters. The number of hydrogen-bond acceptors (Lipinski definition) is 3. The van der Waals surface area contributed by atoms with Crippen molar-refractivity contribution in [3.05, 3.63) is 16.5 Å². The highest BCUT2D eigenvalue weighted by molar-refractivity contribution is 7.16. The zero-order valence-corrected chi connectivity index (χ0v) is 12.1. The van der Waals surface area contributed by atoms with E-state index in [9.17, 15) is 14.7 Å². The Kier molecular flexibility index (Phi) is 4.24. The number of rotatable bonds is 6. The van der Waals surface area contributed by atoms with E-state index < -0.39 is 12.0 Å². The quantitative estimate of drug-likeness (QED) is 0.816. The van der Waals surface area contributed by atoms with Crippen LogP contribution in [0, 0.1) is 5.92 Å². The number of carbonyl (C=O) groups excluding carboxylic acids is 1. The van der Waals surface area contributed by atoms with Gasteiger partial charge in [0.25, 0.3) is 0 Å². The molecule has 0 aliphatic heterocycles. The topological polar surface area (TPSA) is 57.6 Å². The van der Waals surface area contributed by atoms with Crippen molar-refractivity contribution < 1.29 is 14.7 Å². The molecule has 5 heteroatoms. The smallest absolute Gasteiger partial charge is 0.327 e. The number of nitrogens with zero attached hydrogens (tertiary/aromatic N) is 1. The third-order valence-corrected chi connectivity index (χ3v) is 5.09. The van der Waals surface area contributed by atoms with Gasteiger partial charge in [0, 0.05) is 4.88 Å². The second kappa shape index (κ2) is 5.74. The maximum absolute atomic E-state index is 11.5. The number of aryl methyl sites for hydroxylation is 2. The summed E-state index contributed by atoms with van der Waals surface area (Å²) in [4.78, 5) is 25.5. The van der Waals surface area contributed by atoms with Crippen LogP contribution in [0.1, 0.15) is 37.1 Å². The van der Waals surface area contributed by atoms with Crippen molar-refractivity contribution in [1.82, 2.24) is 0 Å². The molecule has 0 bridgehead atoms. The van der Waals surface area contributed by atoms with E-state index in [1.807, 2.05) is 19.9 Å². The molecular weight excluding hydrogens is 262 g/mol. The molecule has 1 aliphatic rings. The average Bonchev–Trinajstić information content (AvgIpc) is 2.94. The summed E-state index contributed by atoms with van der Waals surface area (Å²) >= 11 is 1.56. The van der Waals surface area contributed by atoms with E-state index in [1.54, 1.807) is 11.3 Å². The summed E-state index contributed by atoms with van der Waals surface area (Å²) < 4.78 is 0. The van der Waals surface area contributed by atoms with Crippen LogP contribution in [0.15, 0.2) is 6.07 Å². The zero-order chi connectivity index (χ0) is 14.0. The minimum Gasteiger partial charge on any atom is -0.480 e. The molecule has 1 N–H and O–H groups in total. The van der Waals surface area contributed by atoms with Crippen LogP contribution in [0.2, 0.25) is 0 Å². The van der Waals surface area contributed by atoms with Gasteiger partial charge in [-0.05, 0) is 36.8 Å². The maximum atomic E-state index is 11.5. The van der Waals surface area contributed by atoms with Crippen molar-refractivity contribution in [3.63, 3.8) is 0 Å². The van der Waals surface area contributed by atoms with Gasteiger partial charge in [-0.3, -0.25) is 9.69 Å². The van der Waals surface area contributed by atoms with E-state index in [0.717, 1.165) is 30.7 Å². The lowest BCUT2D eigenvalue weighted by Gasteiger charge is -2.28. The van der Waals surface area contributed by atoms with Crippen LogP contribution in [-0.4, -0.2) is 23.5 Å². The highest BCUT2D eigenvalue weighted by Crippen LogP contribution is 2.37.